The summed E-state index contributed by atoms with van der Waals surface area (Å²) in [6.07, 6.45) is 1.81. The van der Waals surface area contributed by atoms with E-state index in [2.05, 4.69) is 36.7 Å². The third-order valence-corrected chi connectivity index (χ3v) is 7.89. The summed E-state index contributed by atoms with van der Waals surface area (Å²) in [7, 11) is 0. The van der Waals surface area contributed by atoms with Gasteiger partial charge in [-0.1, -0.05) is 50.6 Å². The van der Waals surface area contributed by atoms with Gasteiger partial charge in [-0.3, -0.25) is 14.9 Å². The largest absolute Gasteiger partial charge is 0.454 e. The molecule has 3 aromatic rings. The maximum atomic E-state index is 13.5. The molecule has 41 heavy (non-hydrogen) atoms. The van der Waals surface area contributed by atoms with Gasteiger partial charge in [-0.05, 0) is 68.6 Å². The first kappa shape index (κ1) is 28.5. The number of carbonyl (C=O) groups is 3. The van der Waals surface area contributed by atoms with Gasteiger partial charge in [-0.15, -0.1) is 0 Å². The molecule has 0 aliphatic carbocycles. The fourth-order valence-electron chi connectivity index (χ4n) is 5.54. The van der Waals surface area contributed by atoms with E-state index in [9.17, 15) is 14.4 Å². The van der Waals surface area contributed by atoms with Crippen LogP contribution in [0.5, 0.6) is 0 Å². The fourth-order valence-corrected chi connectivity index (χ4v) is 5.54. The Hall–Kier alpha value is -3.98. The molecule has 2 fully saturated rings. The van der Waals surface area contributed by atoms with Crippen LogP contribution in [-0.4, -0.2) is 46.8 Å². The molecule has 0 bridgehead atoms. The molecule has 3 heterocycles. The highest BCUT2D eigenvalue weighted by Crippen LogP contribution is 2.36. The molecule has 1 unspecified atom stereocenters. The summed E-state index contributed by atoms with van der Waals surface area (Å²) < 4.78 is 7.09. The SMILES string of the molecule is Cc1ccc(-n2nc(C(C)(C)C)cc2NC(=O)Nc2ccc(C(C(=O)[C@H]3CCC(=O)O3)C3CCNCC3)cc2)cc1. The molecule has 5 rings (SSSR count). The predicted octanol–water partition coefficient (Wildman–Crippen LogP) is 5.48. The topological polar surface area (TPSA) is 114 Å². The molecule has 2 aliphatic rings. The van der Waals surface area contributed by atoms with Crippen LogP contribution in [0.4, 0.5) is 16.3 Å². The first-order chi connectivity index (χ1) is 19.6. The summed E-state index contributed by atoms with van der Waals surface area (Å²) in [6, 6.07) is 16.9. The molecule has 0 spiro atoms. The number of nitrogens with zero attached hydrogens (tertiary/aromatic N) is 2. The lowest BCUT2D eigenvalue weighted by Crippen LogP contribution is -2.37. The summed E-state index contributed by atoms with van der Waals surface area (Å²) in [4.78, 5) is 38.3. The Kier molecular flexibility index (Phi) is 8.26. The summed E-state index contributed by atoms with van der Waals surface area (Å²) in [5.41, 5.74) is 4.14. The molecule has 0 radical (unpaired) electrons. The summed E-state index contributed by atoms with van der Waals surface area (Å²) in [6.45, 7) is 9.99. The van der Waals surface area contributed by atoms with Crippen molar-refractivity contribution >= 4 is 29.3 Å². The van der Waals surface area contributed by atoms with E-state index in [4.69, 9.17) is 9.84 Å². The number of anilines is 2. The minimum absolute atomic E-state index is 0.0276. The Morgan fingerprint density at radius 1 is 1.00 bits per heavy atom. The Balaban J connectivity index is 1.32. The number of hydrogen-bond donors (Lipinski definition) is 3. The zero-order valence-corrected chi connectivity index (χ0v) is 24.2. The minimum Gasteiger partial charge on any atom is -0.454 e. The molecular formula is C32H39N5O4. The molecule has 2 aromatic carbocycles. The van der Waals surface area contributed by atoms with Gasteiger partial charge in [-0.2, -0.15) is 5.10 Å². The number of aryl methyl sites for hydroxylation is 1. The second-order valence-electron chi connectivity index (χ2n) is 12.1. The first-order valence-electron chi connectivity index (χ1n) is 14.4. The number of ketones is 1. The molecule has 9 nitrogen and oxygen atoms in total. The van der Waals surface area contributed by atoms with E-state index in [-0.39, 0.29) is 35.4 Å². The number of ether oxygens (including phenoxy) is 1. The number of Topliss-reactive ketones (excluding diaryl/α,β-unsaturated/α-hetero) is 1. The molecule has 2 amide bonds. The van der Waals surface area contributed by atoms with Crippen LogP contribution in [0, 0.1) is 12.8 Å². The van der Waals surface area contributed by atoms with E-state index in [1.807, 2.05) is 61.5 Å². The minimum atomic E-state index is -0.678. The van der Waals surface area contributed by atoms with Gasteiger partial charge < -0.3 is 15.4 Å². The highest BCUT2D eigenvalue weighted by molar-refractivity contribution is 5.99. The molecule has 0 saturated carbocycles. The summed E-state index contributed by atoms with van der Waals surface area (Å²) in [5.74, 6) is 0.0481. The molecular weight excluding hydrogens is 518 g/mol. The number of cyclic esters (lactones) is 1. The van der Waals surface area contributed by atoms with Gasteiger partial charge in [0.25, 0.3) is 0 Å². The predicted molar refractivity (Wildman–Crippen MR) is 159 cm³/mol. The van der Waals surface area contributed by atoms with Crippen LogP contribution in [-0.2, 0) is 19.7 Å². The molecule has 2 atom stereocenters. The Morgan fingerprint density at radius 2 is 1.68 bits per heavy atom. The zero-order valence-electron chi connectivity index (χ0n) is 24.2. The van der Waals surface area contributed by atoms with E-state index >= 15 is 0 Å². The number of hydrogen-bond acceptors (Lipinski definition) is 6. The maximum Gasteiger partial charge on any atom is 0.324 e. The number of nitrogens with one attached hydrogen (secondary N) is 3. The molecule has 216 valence electrons. The van der Waals surface area contributed by atoms with Crippen LogP contribution in [0.25, 0.3) is 5.69 Å². The van der Waals surface area contributed by atoms with E-state index in [1.165, 1.54) is 0 Å². The lowest BCUT2D eigenvalue weighted by atomic mass is 9.76. The molecule has 1 aromatic heterocycles. The van der Waals surface area contributed by atoms with Crippen molar-refractivity contribution in [3.05, 3.63) is 71.4 Å². The van der Waals surface area contributed by atoms with Crippen molar-refractivity contribution in [3.63, 3.8) is 0 Å². The van der Waals surface area contributed by atoms with E-state index in [0.29, 0.717) is 17.9 Å². The third kappa shape index (κ3) is 6.68. The van der Waals surface area contributed by atoms with Crippen molar-refractivity contribution in [1.82, 2.24) is 15.1 Å². The lowest BCUT2D eigenvalue weighted by Gasteiger charge is -2.31. The van der Waals surface area contributed by atoms with Gasteiger partial charge >= 0.3 is 12.0 Å². The summed E-state index contributed by atoms with van der Waals surface area (Å²) in [5, 5.41) is 14.0. The molecule has 2 saturated heterocycles. The van der Waals surface area contributed by atoms with Gasteiger partial charge in [0, 0.05) is 35.9 Å². The zero-order chi connectivity index (χ0) is 29.1. The van der Waals surface area contributed by atoms with E-state index in [1.54, 1.807) is 4.68 Å². The van der Waals surface area contributed by atoms with Crippen LogP contribution in [0.15, 0.2) is 54.6 Å². The standard InChI is InChI=1S/C32H39N5O4/c1-20-5-11-24(12-6-20)37-27(19-26(36-37)32(2,3)4)35-31(40)34-23-9-7-21(8-10-23)29(22-15-17-33-18-16-22)30(39)25-13-14-28(38)41-25/h5-12,19,22,25,29,33H,13-18H2,1-4H3,(H2,34,35,40)/t25-,29?/m1/s1. The van der Waals surface area contributed by atoms with Gasteiger partial charge in [0.05, 0.1) is 11.4 Å². The molecule has 9 heteroatoms. The number of amides is 2. The second kappa shape index (κ2) is 11.9. The van der Waals surface area contributed by atoms with Gasteiger partial charge in [0.15, 0.2) is 11.9 Å². The number of rotatable bonds is 7. The van der Waals surface area contributed by atoms with Crippen LogP contribution in [0.2, 0.25) is 0 Å². The average Bonchev–Trinajstić information content (AvgIpc) is 3.57. The van der Waals surface area contributed by atoms with E-state index in [0.717, 1.165) is 48.4 Å². The first-order valence-corrected chi connectivity index (χ1v) is 14.4. The number of urea groups is 1. The van der Waals surface area contributed by atoms with Crippen molar-refractivity contribution in [2.24, 2.45) is 5.92 Å². The van der Waals surface area contributed by atoms with Gasteiger partial charge in [0.2, 0.25) is 0 Å². The van der Waals surface area contributed by atoms with Gasteiger partial charge in [-0.25, -0.2) is 9.48 Å². The fraction of sp³-hybridized carbons (Fsp3) is 0.438. The quantitative estimate of drug-likeness (QED) is 0.332. The Bertz CT molecular complexity index is 1400. The van der Waals surface area contributed by atoms with E-state index < -0.39 is 12.1 Å². The molecule has 2 aliphatic heterocycles. The van der Waals surface area contributed by atoms with Crippen LogP contribution in [0.1, 0.15) is 69.2 Å². The van der Waals surface area contributed by atoms with Crippen molar-refractivity contribution in [2.45, 2.75) is 70.8 Å². The van der Waals surface area contributed by atoms with Crippen molar-refractivity contribution in [1.29, 1.82) is 0 Å². The second-order valence-corrected chi connectivity index (χ2v) is 12.1. The monoisotopic (exact) mass is 557 g/mol. The third-order valence-electron chi connectivity index (χ3n) is 7.89. The van der Waals surface area contributed by atoms with Crippen molar-refractivity contribution < 1.29 is 19.1 Å². The van der Waals surface area contributed by atoms with Crippen LogP contribution >= 0.6 is 0 Å². The van der Waals surface area contributed by atoms with Crippen molar-refractivity contribution in [3.8, 4) is 5.69 Å². The highest BCUT2D eigenvalue weighted by Gasteiger charge is 2.39. The van der Waals surface area contributed by atoms with Crippen LogP contribution < -0.4 is 16.0 Å². The maximum absolute atomic E-state index is 13.5. The molecule has 3 N–H and O–H groups in total. The lowest BCUT2D eigenvalue weighted by molar-refractivity contribution is -0.148. The number of carbonyl (C=O) groups excluding carboxylic acids is 3. The number of esters is 1. The average molecular weight is 558 g/mol. The number of aromatic nitrogens is 2. The Morgan fingerprint density at radius 3 is 2.29 bits per heavy atom. The van der Waals surface area contributed by atoms with Gasteiger partial charge in [0.1, 0.15) is 5.82 Å². The number of piperidine rings is 1. The summed E-state index contributed by atoms with van der Waals surface area (Å²) >= 11 is 0. The van der Waals surface area contributed by atoms with Crippen molar-refractivity contribution in [2.75, 3.05) is 23.7 Å². The highest BCUT2D eigenvalue weighted by atomic mass is 16.6. The van der Waals surface area contributed by atoms with Crippen LogP contribution in [0.3, 0.4) is 0 Å². The smallest absolute Gasteiger partial charge is 0.324 e. The Labute approximate surface area is 241 Å². The normalized spacial score (nSPS) is 18.5. The number of benzene rings is 2.